The van der Waals surface area contributed by atoms with Gasteiger partial charge in [0.1, 0.15) is 23.3 Å². The van der Waals surface area contributed by atoms with Gasteiger partial charge in [-0.25, -0.2) is 32.4 Å². The summed E-state index contributed by atoms with van der Waals surface area (Å²) in [4.78, 5) is 12.2. The summed E-state index contributed by atoms with van der Waals surface area (Å²) in [7, 11) is -1.54. The van der Waals surface area contributed by atoms with Crippen molar-refractivity contribution in [1.82, 2.24) is 38.8 Å². The summed E-state index contributed by atoms with van der Waals surface area (Å²) in [5, 5.41) is 11.4. The van der Waals surface area contributed by atoms with Crippen LogP contribution in [-0.2, 0) is 23.2 Å². The van der Waals surface area contributed by atoms with Gasteiger partial charge in [0.15, 0.2) is 0 Å². The topological polar surface area (TPSA) is 124 Å². The lowest BCUT2D eigenvalue weighted by Gasteiger charge is -2.30. The van der Waals surface area contributed by atoms with Gasteiger partial charge < -0.3 is 9.88 Å². The van der Waals surface area contributed by atoms with E-state index in [0.29, 0.717) is 36.6 Å². The predicted octanol–water partition coefficient (Wildman–Crippen LogP) is 3.94. The van der Waals surface area contributed by atoms with E-state index in [1.165, 1.54) is 21.4 Å². The highest BCUT2D eigenvalue weighted by molar-refractivity contribution is 7.88. The maximum Gasteiger partial charge on any atom is 0.420 e. The number of aryl methyl sites for hydroxylation is 2. The van der Waals surface area contributed by atoms with Gasteiger partial charge in [0.25, 0.3) is 0 Å². The molecular weight excluding hydrogens is 571 g/mol. The Hall–Kier alpha value is -3.56. The first kappa shape index (κ1) is 28.0. The van der Waals surface area contributed by atoms with E-state index in [0.717, 1.165) is 29.4 Å². The van der Waals surface area contributed by atoms with Gasteiger partial charge in [-0.1, -0.05) is 22.9 Å². The molecule has 0 aliphatic carbocycles. The number of benzene rings is 1. The number of hydrogen-bond donors (Lipinski definition) is 1. The van der Waals surface area contributed by atoms with Crippen LogP contribution in [0.15, 0.2) is 36.9 Å². The number of anilines is 1. The summed E-state index contributed by atoms with van der Waals surface area (Å²) in [6.45, 7) is 2.42. The lowest BCUT2D eigenvalue weighted by atomic mass is 10.1. The fourth-order valence-electron chi connectivity index (χ4n) is 4.66. The molecule has 1 aliphatic heterocycles. The van der Waals surface area contributed by atoms with Crippen LogP contribution in [0.1, 0.15) is 24.1 Å². The third kappa shape index (κ3) is 5.67. The maximum atomic E-state index is 13.9. The highest BCUT2D eigenvalue weighted by atomic mass is 35.5. The Balaban J connectivity index is 1.43. The molecule has 1 fully saturated rings. The molecule has 40 heavy (non-hydrogen) atoms. The Kier molecular flexibility index (Phi) is 7.31. The monoisotopic (exact) mass is 595 g/mol. The number of alkyl halides is 3. The number of halogens is 4. The normalized spacial score (nSPS) is 15.5. The molecule has 0 unspecified atom stereocenters. The minimum absolute atomic E-state index is 0.00195. The molecular formula is C24H25ClF3N9O2S. The summed E-state index contributed by atoms with van der Waals surface area (Å²) in [6.07, 6.45) is 0.863. The number of nitrogens with zero attached hydrogens (tertiary/aromatic N) is 8. The van der Waals surface area contributed by atoms with Crippen LogP contribution in [0.3, 0.4) is 0 Å². The van der Waals surface area contributed by atoms with Crippen LogP contribution in [0.5, 0.6) is 0 Å². The van der Waals surface area contributed by atoms with E-state index in [1.54, 1.807) is 23.9 Å². The molecule has 0 radical (unpaired) electrons. The largest absolute Gasteiger partial charge is 0.420 e. The van der Waals surface area contributed by atoms with E-state index in [-0.39, 0.29) is 23.4 Å². The first-order chi connectivity index (χ1) is 18.8. The zero-order valence-electron chi connectivity index (χ0n) is 21.7. The minimum Gasteiger partial charge on any atom is -0.351 e. The lowest BCUT2D eigenvalue weighted by molar-refractivity contribution is -0.137. The molecule has 212 valence electrons. The Morgan fingerprint density at radius 1 is 1.15 bits per heavy atom. The summed E-state index contributed by atoms with van der Waals surface area (Å²) in [5.41, 5.74) is 1.37. The number of aromatic nitrogens is 7. The van der Waals surface area contributed by atoms with Gasteiger partial charge in [-0.3, -0.25) is 0 Å². The van der Waals surface area contributed by atoms with Crippen molar-refractivity contribution >= 4 is 27.6 Å². The second kappa shape index (κ2) is 10.4. The smallest absolute Gasteiger partial charge is 0.351 e. The van der Waals surface area contributed by atoms with E-state index < -0.39 is 21.8 Å². The van der Waals surface area contributed by atoms with Crippen molar-refractivity contribution in [2.24, 2.45) is 7.05 Å². The second-order valence-corrected chi connectivity index (χ2v) is 11.9. The molecule has 16 heteroatoms. The molecule has 0 bridgehead atoms. The van der Waals surface area contributed by atoms with Crippen LogP contribution < -0.4 is 5.32 Å². The summed E-state index contributed by atoms with van der Waals surface area (Å²) < 4.78 is 69.7. The van der Waals surface area contributed by atoms with Gasteiger partial charge in [-0.15, -0.1) is 5.10 Å². The van der Waals surface area contributed by atoms with Crippen molar-refractivity contribution in [1.29, 1.82) is 0 Å². The van der Waals surface area contributed by atoms with E-state index >= 15 is 0 Å². The first-order valence-corrected chi connectivity index (χ1v) is 14.4. The number of piperidine rings is 1. The number of sulfonamides is 1. The summed E-state index contributed by atoms with van der Waals surface area (Å²) in [6, 6.07) is 5.08. The van der Waals surface area contributed by atoms with Crippen LogP contribution in [0.2, 0.25) is 5.02 Å². The molecule has 1 aliphatic rings. The second-order valence-electron chi connectivity index (χ2n) is 9.51. The van der Waals surface area contributed by atoms with Crippen molar-refractivity contribution in [3.63, 3.8) is 0 Å². The maximum absolute atomic E-state index is 13.9. The molecule has 4 aromatic rings. The molecule has 1 saturated heterocycles. The SMILES string of the molecule is Cc1nnn(C)c1-c1ccc(-n2cnc(-c3nc(NC4CCN(S(C)(=O)=O)CC4)ncc3C(F)(F)F)c2)c(Cl)c1. The average Bonchev–Trinajstić information content (AvgIpc) is 3.49. The lowest BCUT2D eigenvalue weighted by Crippen LogP contribution is -2.42. The molecule has 0 amide bonds. The van der Waals surface area contributed by atoms with Gasteiger partial charge in [0.05, 0.1) is 28.4 Å². The van der Waals surface area contributed by atoms with E-state index in [1.807, 2.05) is 13.0 Å². The molecule has 0 saturated carbocycles. The van der Waals surface area contributed by atoms with Gasteiger partial charge >= 0.3 is 6.18 Å². The van der Waals surface area contributed by atoms with Crippen LogP contribution >= 0.6 is 11.6 Å². The van der Waals surface area contributed by atoms with Crippen molar-refractivity contribution in [3.8, 4) is 28.3 Å². The third-order valence-corrected chi connectivity index (χ3v) is 8.28. The molecule has 0 atom stereocenters. The fourth-order valence-corrected chi connectivity index (χ4v) is 5.82. The Morgan fingerprint density at radius 3 is 2.48 bits per heavy atom. The van der Waals surface area contributed by atoms with Crippen LogP contribution in [0, 0.1) is 6.92 Å². The van der Waals surface area contributed by atoms with E-state index in [2.05, 4.69) is 30.6 Å². The first-order valence-electron chi connectivity index (χ1n) is 12.2. The van der Waals surface area contributed by atoms with Gasteiger partial charge in [-0.2, -0.15) is 13.2 Å². The van der Waals surface area contributed by atoms with Crippen molar-refractivity contribution in [2.45, 2.75) is 32.0 Å². The zero-order chi connectivity index (χ0) is 28.8. The Bertz CT molecular complexity index is 1640. The standard InChI is InChI=1S/C24H25ClF3N9O2S/c1-14-22(35(2)34-33-14)15-4-5-20(18(25)10-15)36-12-19(30-13-36)21-17(24(26,27)28)11-29-23(32-21)31-16-6-8-37(9-7-16)40(3,38)39/h4-5,10-13,16H,6-9H2,1-3H3,(H,29,31,32). The van der Waals surface area contributed by atoms with Crippen LogP contribution in [0.25, 0.3) is 28.3 Å². The van der Waals surface area contributed by atoms with Gasteiger partial charge in [0, 0.05) is 44.1 Å². The number of imidazole rings is 1. The third-order valence-electron chi connectivity index (χ3n) is 6.67. The van der Waals surface area contributed by atoms with Crippen LogP contribution in [-0.4, -0.2) is 72.6 Å². The molecule has 3 aromatic heterocycles. The fraction of sp³-hybridized carbons (Fsp3) is 0.375. The number of rotatable bonds is 6. The van der Waals surface area contributed by atoms with Crippen LogP contribution in [0.4, 0.5) is 19.1 Å². The molecule has 1 aromatic carbocycles. The van der Waals surface area contributed by atoms with Crippen molar-refractivity contribution in [3.05, 3.63) is 53.2 Å². The zero-order valence-corrected chi connectivity index (χ0v) is 23.3. The Labute approximate surface area is 233 Å². The van der Waals surface area contributed by atoms with Crippen molar-refractivity contribution < 1.29 is 21.6 Å². The number of hydrogen-bond acceptors (Lipinski definition) is 8. The van der Waals surface area contributed by atoms with E-state index in [4.69, 9.17) is 11.6 Å². The highest BCUT2D eigenvalue weighted by Crippen LogP contribution is 2.36. The average molecular weight is 596 g/mol. The van der Waals surface area contributed by atoms with Crippen molar-refractivity contribution in [2.75, 3.05) is 24.7 Å². The quantitative estimate of drug-likeness (QED) is 0.355. The molecule has 1 N–H and O–H groups in total. The molecule has 0 spiro atoms. The Morgan fingerprint density at radius 2 is 1.88 bits per heavy atom. The molecule has 5 rings (SSSR count). The summed E-state index contributed by atoms with van der Waals surface area (Å²) in [5.74, 6) is -0.00195. The van der Waals surface area contributed by atoms with Gasteiger partial charge in [-0.05, 0) is 31.9 Å². The number of nitrogens with one attached hydrogen (secondary N) is 1. The molecule has 11 nitrogen and oxygen atoms in total. The molecule has 4 heterocycles. The predicted molar refractivity (Wildman–Crippen MR) is 142 cm³/mol. The van der Waals surface area contributed by atoms with E-state index in [9.17, 15) is 21.6 Å². The minimum atomic E-state index is -4.72. The van der Waals surface area contributed by atoms with Gasteiger partial charge in [0.2, 0.25) is 16.0 Å². The highest BCUT2D eigenvalue weighted by Gasteiger charge is 2.36. The summed E-state index contributed by atoms with van der Waals surface area (Å²) >= 11 is 6.56.